The summed E-state index contributed by atoms with van der Waals surface area (Å²) in [5, 5.41) is 2.84. The topological polar surface area (TPSA) is 86.7 Å². The number of rotatable bonds is 1. The Hall–Kier alpha value is -0.660. The summed E-state index contributed by atoms with van der Waals surface area (Å²) in [5.41, 5.74) is 0. The van der Waals surface area contributed by atoms with Crippen LogP contribution in [0.5, 0.6) is 0 Å². The predicted molar refractivity (Wildman–Crippen MR) is 38.6 cm³/mol. The summed E-state index contributed by atoms with van der Waals surface area (Å²) in [6.07, 6.45) is 0.580. The fraction of sp³-hybridized carbons (Fsp3) is 0.800. The molecule has 0 aliphatic carbocycles. The van der Waals surface area contributed by atoms with Gasteiger partial charge in [0.25, 0.3) is 5.91 Å². The van der Waals surface area contributed by atoms with Crippen LogP contribution in [0.15, 0.2) is 0 Å². The highest BCUT2D eigenvalue weighted by molar-refractivity contribution is 7.84. The van der Waals surface area contributed by atoms with Gasteiger partial charge in [-0.3, -0.25) is 9.35 Å². The maximum absolute atomic E-state index is 11.0. The lowest BCUT2D eigenvalue weighted by molar-refractivity contribution is -0.140. The summed E-state index contributed by atoms with van der Waals surface area (Å²) in [5.74, 6) is -0.556. The maximum Gasteiger partial charge on any atom is 0.362 e. The molecular weight excluding hydrogens is 184 g/mol. The minimum Gasteiger partial charge on any atom is -0.304 e. The number of nitrogens with one attached hydrogen (secondary N) is 1. The Morgan fingerprint density at radius 1 is 1.58 bits per heavy atom. The zero-order valence-electron chi connectivity index (χ0n) is 6.10. The third kappa shape index (κ3) is 0.869. The summed E-state index contributed by atoms with van der Waals surface area (Å²) < 4.78 is 30.3. The fourth-order valence-electron chi connectivity index (χ4n) is 1.70. The number of carbonyl (C=O) groups excluding carboxylic acids is 1. The standard InChI is InChI=1S/C5H8N2O4S/c8-5-4-3(1-2-6-4)7(5)12(9,10)11/h3-4,6H,1-2H2,(H,9,10,11)/t3-,4?/m0/s1. The number of hydrogen-bond donors (Lipinski definition) is 2. The number of hydrogen-bond acceptors (Lipinski definition) is 4. The highest BCUT2D eigenvalue weighted by Crippen LogP contribution is 2.29. The van der Waals surface area contributed by atoms with Crippen molar-refractivity contribution >= 4 is 16.2 Å². The molecule has 6 nitrogen and oxygen atoms in total. The van der Waals surface area contributed by atoms with Gasteiger partial charge in [-0.05, 0) is 13.0 Å². The zero-order chi connectivity index (χ0) is 8.93. The lowest BCUT2D eigenvalue weighted by Gasteiger charge is -2.39. The molecule has 68 valence electrons. The van der Waals surface area contributed by atoms with Crippen LogP contribution in [0.4, 0.5) is 0 Å². The first-order chi connectivity index (χ1) is 5.52. The van der Waals surface area contributed by atoms with E-state index in [2.05, 4.69) is 5.32 Å². The minimum absolute atomic E-state index is 0.368. The summed E-state index contributed by atoms with van der Waals surface area (Å²) in [6, 6.07) is -0.764. The minimum atomic E-state index is -4.33. The molecule has 0 spiro atoms. The van der Waals surface area contributed by atoms with E-state index in [1.54, 1.807) is 0 Å². The molecule has 1 unspecified atom stereocenters. The summed E-state index contributed by atoms with van der Waals surface area (Å²) in [4.78, 5) is 11.0. The first-order valence-corrected chi connectivity index (χ1v) is 4.95. The second kappa shape index (κ2) is 2.18. The molecule has 0 bridgehead atoms. The van der Waals surface area contributed by atoms with E-state index in [4.69, 9.17) is 4.55 Å². The van der Waals surface area contributed by atoms with Crippen molar-refractivity contribution in [3.8, 4) is 0 Å². The molecular formula is C5H8N2O4S. The Morgan fingerprint density at radius 2 is 2.25 bits per heavy atom. The molecule has 12 heavy (non-hydrogen) atoms. The molecule has 2 atom stereocenters. The molecule has 2 aliphatic heterocycles. The molecule has 2 fully saturated rings. The van der Waals surface area contributed by atoms with Gasteiger partial charge in [-0.15, -0.1) is 0 Å². The maximum atomic E-state index is 11.0. The van der Waals surface area contributed by atoms with Gasteiger partial charge < -0.3 is 5.32 Å². The molecule has 0 aromatic carbocycles. The molecule has 0 saturated carbocycles. The fourth-order valence-corrected chi connectivity index (χ4v) is 2.61. The molecule has 0 radical (unpaired) electrons. The van der Waals surface area contributed by atoms with Gasteiger partial charge >= 0.3 is 10.3 Å². The van der Waals surface area contributed by atoms with E-state index in [0.717, 1.165) is 0 Å². The van der Waals surface area contributed by atoms with Crippen molar-refractivity contribution in [2.24, 2.45) is 0 Å². The van der Waals surface area contributed by atoms with Crippen molar-refractivity contribution in [1.82, 2.24) is 9.62 Å². The summed E-state index contributed by atoms with van der Waals surface area (Å²) in [7, 11) is -4.33. The molecule has 2 N–H and O–H groups in total. The van der Waals surface area contributed by atoms with Crippen LogP contribution in [0, 0.1) is 0 Å². The zero-order valence-corrected chi connectivity index (χ0v) is 6.91. The normalized spacial score (nSPS) is 34.8. The van der Waals surface area contributed by atoms with Crippen LogP contribution in [-0.4, -0.2) is 41.8 Å². The third-order valence-electron chi connectivity index (χ3n) is 2.22. The molecule has 0 aromatic rings. The van der Waals surface area contributed by atoms with Crippen LogP contribution in [0.3, 0.4) is 0 Å². The Morgan fingerprint density at radius 3 is 2.83 bits per heavy atom. The van der Waals surface area contributed by atoms with Gasteiger partial charge in [-0.2, -0.15) is 8.42 Å². The van der Waals surface area contributed by atoms with Gasteiger partial charge in [0.05, 0.1) is 6.04 Å². The van der Waals surface area contributed by atoms with Crippen molar-refractivity contribution in [3.05, 3.63) is 0 Å². The molecule has 2 heterocycles. The molecule has 1 amide bonds. The van der Waals surface area contributed by atoms with Gasteiger partial charge in [-0.1, -0.05) is 0 Å². The summed E-state index contributed by atoms with van der Waals surface area (Å²) in [6.45, 7) is 0.618. The van der Waals surface area contributed by atoms with E-state index in [1.165, 1.54) is 0 Å². The Kier molecular flexibility index (Phi) is 1.45. The van der Waals surface area contributed by atoms with Crippen LogP contribution in [0.25, 0.3) is 0 Å². The van der Waals surface area contributed by atoms with E-state index >= 15 is 0 Å². The van der Waals surface area contributed by atoms with Gasteiger partial charge in [0.15, 0.2) is 0 Å². The second-order valence-corrected chi connectivity index (χ2v) is 4.19. The number of carbonyl (C=O) groups is 1. The molecule has 2 rings (SSSR count). The number of amides is 1. The monoisotopic (exact) mass is 192 g/mol. The molecule has 0 aromatic heterocycles. The highest BCUT2D eigenvalue weighted by atomic mass is 32.2. The third-order valence-corrected chi connectivity index (χ3v) is 3.17. The smallest absolute Gasteiger partial charge is 0.304 e. The first kappa shape index (κ1) is 7.96. The van der Waals surface area contributed by atoms with Gasteiger partial charge in [0.2, 0.25) is 0 Å². The van der Waals surface area contributed by atoms with Crippen LogP contribution in [0.1, 0.15) is 6.42 Å². The Labute approximate surface area is 69.4 Å². The van der Waals surface area contributed by atoms with E-state index in [-0.39, 0.29) is 6.04 Å². The largest absolute Gasteiger partial charge is 0.362 e. The van der Waals surface area contributed by atoms with E-state index < -0.39 is 22.3 Å². The highest BCUT2D eigenvalue weighted by Gasteiger charge is 2.55. The van der Waals surface area contributed by atoms with Gasteiger partial charge in [0.1, 0.15) is 6.04 Å². The Balaban J connectivity index is 2.26. The SMILES string of the molecule is O=C1C2NCC[C@@H]2N1S(=O)(=O)O. The van der Waals surface area contributed by atoms with Crippen LogP contribution < -0.4 is 5.32 Å². The van der Waals surface area contributed by atoms with Gasteiger partial charge in [-0.25, -0.2) is 4.31 Å². The number of nitrogens with zero attached hydrogens (tertiary/aromatic N) is 1. The van der Waals surface area contributed by atoms with Gasteiger partial charge in [0, 0.05) is 0 Å². The summed E-state index contributed by atoms with van der Waals surface area (Å²) >= 11 is 0. The molecule has 2 aliphatic rings. The average Bonchev–Trinajstić information content (AvgIpc) is 2.27. The van der Waals surface area contributed by atoms with Crippen molar-refractivity contribution in [1.29, 1.82) is 0 Å². The van der Waals surface area contributed by atoms with Crippen molar-refractivity contribution in [2.45, 2.75) is 18.5 Å². The average molecular weight is 192 g/mol. The lowest BCUT2D eigenvalue weighted by Crippen LogP contribution is -2.67. The van der Waals surface area contributed by atoms with Crippen LogP contribution in [-0.2, 0) is 15.1 Å². The first-order valence-electron chi connectivity index (χ1n) is 3.56. The number of fused-ring (bicyclic) bond motifs is 1. The molecule has 2 saturated heterocycles. The van der Waals surface area contributed by atoms with E-state index in [1.807, 2.05) is 0 Å². The Bertz CT molecular complexity index is 324. The quantitative estimate of drug-likeness (QED) is 0.384. The second-order valence-electron chi connectivity index (χ2n) is 2.90. The van der Waals surface area contributed by atoms with Crippen LogP contribution in [0.2, 0.25) is 0 Å². The van der Waals surface area contributed by atoms with E-state index in [9.17, 15) is 13.2 Å². The molecule has 7 heteroatoms. The van der Waals surface area contributed by atoms with Crippen molar-refractivity contribution in [3.63, 3.8) is 0 Å². The van der Waals surface area contributed by atoms with E-state index in [0.29, 0.717) is 17.3 Å². The lowest BCUT2D eigenvalue weighted by atomic mass is 10.0. The van der Waals surface area contributed by atoms with Crippen molar-refractivity contribution in [2.75, 3.05) is 6.54 Å². The van der Waals surface area contributed by atoms with Crippen molar-refractivity contribution < 1.29 is 17.8 Å². The number of β-lactam (4-membered cyclic amide) rings is 1. The van der Waals surface area contributed by atoms with Crippen LogP contribution >= 0.6 is 0 Å². The predicted octanol–water partition coefficient (Wildman–Crippen LogP) is -1.64.